The summed E-state index contributed by atoms with van der Waals surface area (Å²) in [5.41, 5.74) is 2.38. The van der Waals surface area contributed by atoms with Crippen molar-refractivity contribution in [2.24, 2.45) is 0 Å². The number of ether oxygens (including phenoxy) is 1. The molecule has 0 N–H and O–H groups in total. The Balaban J connectivity index is 1.62. The van der Waals surface area contributed by atoms with Crippen LogP contribution >= 0.6 is 24.0 Å². The third-order valence-electron chi connectivity index (χ3n) is 4.75. The lowest BCUT2D eigenvalue weighted by Gasteiger charge is -2.13. The highest BCUT2D eigenvalue weighted by Gasteiger charge is 2.31. The molecule has 0 radical (unpaired) electrons. The van der Waals surface area contributed by atoms with Crippen molar-refractivity contribution in [3.63, 3.8) is 0 Å². The number of aryl methyl sites for hydroxylation is 1. The molecule has 4 nitrogen and oxygen atoms in total. The first-order chi connectivity index (χ1) is 14.5. The molecular weight excluding hydrogens is 414 g/mol. The van der Waals surface area contributed by atoms with Crippen molar-refractivity contribution in [1.29, 1.82) is 0 Å². The van der Waals surface area contributed by atoms with Crippen LogP contribution in [-0.2, 0) is 4.79 Å². The predicted octanol–water partition coefficient (Wildman–Crippen LogP) is 6.00. The second-order valence-electron chi connectivity index (χ2n) is 7.22. The maximum Gasteiger partial charge on any atom is 0.343 e. The van der Waals surface area contributed by atoms with Gasteiger partial charge >= 0.3 is 5.97 Å². The van der Waals surface area contributed by atoms with Crippen LogP contribution in [0, 0.1) is 6.92 Å². The standard InChI is InChI=1S/C24H25NO3S2/c1-3-4-5-6-14-25-22(26)21(30-24(25)29)16-18-10-12-20(13-11-18)28-23(27)19-9-7-8-17(2)15-19/h7-13,15-16H,3-6,14H2,1-2H3/b21-16-. The molecule has 1 aliphatic heterocycles. The molecule has 0 spiro atoms. The van der Waals surface area contributed by atoms with E-state index in [1.807, 2.05) is 37.3 Å². The van der Waals surface area contributed by atoms with E-state index in [4.69, 9.17) is 17.0 Å². The van der Waals surface area contributed by atoms with Crippen LogP contribution in [0.4, 0.5) is 0 Å². The summed E-state index contributed by atoms with van der Waals surface area (Å²) >= 11 is 6.72. The summed E-state index contributed by atoms with van der Waals surface area (Å²) in [6.45, 7) is 4.77. The first-order valence-electron chi connectivity index (χ1n) is 10.1. The van der Waals surface area contributed by atoms with E-state index in [0.29, 0.717) is 27.1 Å². The summed E-state index contributed by atoms with van der Waals surface area (Å²) in [7, 11) is 0. The molecule has 6 heteroatoms. The van der Waals surface area contributed by atoms with Crippen molar-refractivity contribution in [3.8, 4) is 5.75 Å². The predicted molar refractivity (Wildman–Crippen MR) is 127 cm³/mol. The number of nitrogens with zero attached hydrogens (tertiary/aromatic N) is 1. The first kappa shape index (κ1) is 22.2. The topological polar surface area (TPSA) is 46.6 Å². The highest BCUT2D eigenvalue weighted by molar-refractivity contribution is 8.26. The fraction of sp³-hybridized carbons (Fsp3) is 0.292. The minimum absolute atomic E-state index is 0.0311. The van der Waals surface area contributed by atoms with Gasteiger partial charge in [0.2, 0.25) is 0 Å². The Hall–Kier alpha value is -2.44. The Morgan fingerprint density at radius 1 is 1.13 bits per heavy atom. The van der Waals surface area contributed by atoms with Crippen molar-refractivity contribution in [2.75, 3.05) is 6.54 Å². The monoisotopic (exact) mass is 439 g/mol. The van der Waals surface area contributed by atoms with Crippen LogP contribution in [-0.4, -0.2) is 27.6 Å². The van der Waals surface area contributed by atoms with Gasteiger partial charge in [-0.2, -0.15) is 0 Å². The largest absolute Gasteiger partial charge is 0.423 e. The van der Waals surface area contributed by atoms with E-state index >= 15 is 0 Å². The number of carbonyl (C=O) groups excluding carboxylic acids is 2. The molecule has 1 fully saturated rings. The number of amides is 1. The van der Waals surface area contributed by atoms with E-state index in [0.717, 1.165) is 30.4 Å². The quantitative estimate of drug-likeness (QED) is 0.166. The Morgan fingerprint density at radius 2 is 1.90 bits per heavy atom. The molecular formula is C24H25NO3S2. The summed E-state index contributed by atoms with van der Waals surface area (Å²) in [4.78, 5) is 27.3. The van der Waals surface area contributed by atoms with Gasteiger partial charge < -0.3 is 4.74 Å². The Labute approximate surface area is 187 Å². The zero-order chi connectivity index (χ0) is 21.5. The molecule has 2 aromatic carbocycles. The van der Waals surface area contributed by atoms with Gasteiger partial charge in [-0.05, 0) is 49.2 Å². The lowest BCUT2D eigenvalue weighted by molar-refractivity contribution is -0.122. The fourth-order valence-corrected chi connectivity index (χ4v) is 4.42. The van der Waals surface area contributed by atoms with Crippen molar-refractivity contribution in [1.82, 2.24) is 4.90 Å². The number of thioether (sulfide) groups is 1. The molecule has 0 aliphatic carbocycles. The molecule has 2 aromatic rings. The minimum Gasteiger partial charge on any atom is -0.423 e. The van der Waals surface area contributed by atoms with Gasteiger partial charge in [0.25, 0.3) is 5.91 Å². The fourth-order valence-electron chi connectivity index (χ4n) is 3.11. The van der Waals surface area contributed by atoms with E-state index in [9.17, 15) is 9.59 Å². The van der Waals surface area contributed by atoms with Crippen LogP contribution in [0.5, 0.6) is 5.75 Å². The normalized spacial score (nSPS) is 15.1. The first-order valence-corrected chi connectivity index (χ1v) is 11.3. The van der Waals surface area contributed by atoms with Gasteiger partial charge in [0.1, 0.15) is 10.1 Å². The maximum atomic E-state index is 12.7. The number of benzene rings is 2. The summed E-state index contributed by atoms with van der Waals surface area (Å²) in [5.74, 6) is 0.0361. The number of thiocarbonyl (C=S) groups is 1. The van der Waals surface area contributed by atoms with Gasteiger partial charge in [0.15, 0.2) is 0 Å². The Morgan fingerprint density at radius 3 is 2.60 bits per heavy atom. The maximum absolute atomic E-state index is 12.7. The number of carbonyl (C=O) groups is 2. The van der Waals surface area contributed by atoms with E-state index in [1.54, 1.807) is 29.2 Å². The molecule has 1 heterocycles. The van der Waals surface area contributed by atoms with Gasteiger partial charge in [-0.25, -0.2) is 4.79 Å². The van der Waals surface area contributed by atoms with Crippen LogP contribution in [0.1, 0.15) is 54.1 Å². The molecule has 1 saturated heterocycles. The lowest BCUT2D eigenvalue weighted by Crippen LogP contribution is -2.28. The van der Waals surface area contributed by atoms with Crippen molar-refractivity contribution in [3.05, 3.63) is 70.1 Å². The molecule has 0 saturated carbocycles. The number of hydrogen-bond donors (Lipinski definition) is 0. The van der Waals surface area contributed by atoms with Crippen LogP contribution in [0.25, 0.3) is 6.08 Å². The SMILES string of the molecule is CCCCCCN1C(=O)/C(=C/c2ccc(OC(=O)c3cccc(C)c3)cc2)SC1=S. The third-order valence-corrected chi connectivity index (χ3v) is 6.13. The molecule has 0 bridgehead atoms. The molecule has 1 aliphatic rings. The number of unbranched alkanes of at least 4 members (excludes halogenated alkanes) is 3. The molecule has 3 rings (SSSR count). The van der Waals surface area contributed by atoms with E-state index in [1.165, 1.54) is 18.2 Å². The molecule has 1 amide bonds. The molecule has 30 heavy (non-hydrogen) atoms. The number of esters is 1. The van der Waals surface area contributed by atoms with Gasteiger partial charge in [-0.15, -0.1) is 0 Å². The van der Waals surface area contributed by atoms with Crippen molar-refractivity contribution < 1.29 is 14.3 Å². The van der Waals surface area contributed by atoms with E-state index in [-0.39, 0.29) is 5.91 Å². The smallest absolute Gasteiger partial charge is 0.343 e. The zero-order valence-electron chi connectivity index (χ0n) is 17.2. The summed E-state index contributed by atoms with van der Waals surface area (Å²) < 4.78 is 6.06. The van der Waals surface area contributed by atoms with Gasteiger partial charge in [-0.1, -0.05) is 80.0 Å². The van der Waals surface area contributed by atoms with Gasteiger partial charge in [0, 0.05) is 6.54 Å². The van der Waals surface area contributed by atoms with Gasteiger partial charge in [0.05, 0.1) is 10.5 Å². The molecule has 0 unspecified atom stereocenters. The lowest BCUT2D eigenvalue weighted by atomic mass is 10.1. The molecule has 0 atom stereocenters. The molecule has 156 valence electrons. The Kier molecular flexibility index (Phi) is 7.82. The van der Waals surface area contributed by atoms with Crippen molar-refractivity contribution >= 4 is 46.3 Å². The molecule has 0 aromatic heterocycles. The Bertz CT molecular complexity index is 967. The zero-order valence-corrected chi connectivity index (χ0v) is 18.9. The summed E-state index contributed by atoms with van der Waals surface area (Å²) in [6, 6.07) is 14.4. The third kappa shape index (κ3) is 5.80. The highest BCUT2D eigenvalue weighted by Crippen LogP contribution is 2.33. The van der Waals surface area contributed by atoms with Crippen molar-refractivity contribution in [2.45, 2.75) is 39.5 Å². The van der Waals surface area contributed by atoms with Crippen LogP contribution < -0.4 is 4.74 Å². The average Bonchev–Trinajstić information content (AvgIpc) is 2.99. The second kappa shape index (κ2) is 10.5. The van der Waals surface area contributed by atoms with E-state index in [2.05, 4.69) is 6.92 Å². The minimum atomic E-state index is -0.393. The van der Waals surface area contributed by atoms with Gasteiger partial charge in [-0.3, -0.25) is 9.69 Å². The number of hydrogen-bond acceptors (Lipinski definition) is 5. The highest BCUT2D eigenvalue weighted by atomic mass is 32.2. The number of rotatable bonds is 8. The van der Waals surface area contributed by atoms with E-state index < -0.39 is 5.97 Å². The van der Waals surface area contributed by atoms with Crippen LogP contribution in [0.2, 0.25) is 0 Å². The summed E-state index contributed by atoms with van der Waals surface area (Å²) in [5, 5.41) is 0. The van der Waals surface area contributed by atoms with Crippen LogP contribution in [0.15, 0.2) is 53.4 Å². The second-order valence-corrected chi connectivity index (χ2v) is 8.90. The van der Waals surface area contributed by atoms with Crippen LogP contribution in [0.3, 0.4) is 0 Å². The summed E-state index contributed by atoms with van der Waals surface area (Å²) in [6.07, 6.45) is 6.24. The average molecular weight is 440 g/mol.